The Morgan fingerprint density at radius 3 is 2.43 bits per heavy atom. The van der Waals surface area contributed by atoms with Gasteiger partial charge in [0, 0.05) is 24.2 Å². The number of carbonyl (C=O) groups excluding carboxylic acids is 1. The van der Waals surface area contributed by atoms with Crippen LogP contribution in [0, 0.1) is 11.3 Å². The molecule has 0 radical (unpaired) electrons. The van der Waals surface area contributed by atoms with Crippen molar-refractivity contribution in [1.82, 2.24) is 14.6 Å². The van der Waals surface area contributed by atoms with Gasteiger partial charge >= 0.3 is 0 Å². The Balaban J connectivity index is 1.48. The summed E-state index contributed by atoms with van der Waals surface area (Å²) in [5.74, 6) is 0.427. The lowest BCUT2D eigenvalue weighted by Crippen LogP contribution is -2.67. The highest BCUT2D eigenvalue weighted by Crippen LogP contribution is 2.44. The number of halogens is 2. The van der Waals surface area contributed by atoms with Gasteiger partial charge in [0.2, 0.25) is 10.0 Å². The van der Waals surface area contributed by atoms with Gasteiger partial charge in [0.15, 0.2) is 5.01 Å². The van der Waals surface area contributed by atoms with Crippen LogP contribution in [0.4, 0.5) is 0 Å². The molecule has 1 N–H and O–H groups in total. The number of likely N-dealkylation sites (tertiary alicyclic amines) is 1. The second-order valence-corrected chi connectivity index (χ2v) is 15.2. The molecule has 1 spiro atoms. The van der Waals surface area contributed by atoms with E-state index in [4.69, 9.17) is 32.9 Å². The number of thiazole rings is 1. The van der Waals surface area contributed by atoms with E-state index in [9.17, 15) is 13.2 Å². The van der Waals surface area contributed by atoms with Crippen molar-refractivity contribution in [2.24, 2.45) is 11.3 Å². The number of hydrogen-bond acceptors (Lipinski definition) is 6. The molecule has 2 aromatic rings. The second kappa shape index (κ2) is 10.1. The van der Waals surface area contributed by atoms with E-state index in [-0.39, 0.29) is 26.3 Å². The van der Waals surface area contributed by atoms with Crippen molar-refractivity contribution in [2.45, 2.75) is 69.7 Å². The number of rotatable bonds is 6. The Bertz CT molecular complexity index is 1300. The summed E-state index contributed by atoms with van der Waals surface area (Å²) in [7, 11) is -3.88. The van der Waals surface area contributed by atoms with Crippen LogP contribution < -0.4 is 4.72 Å². The number of amides is 1. The molecule has 0 bridgehead atoms. The Hall–Kier alpha value is -1.23. The largest absolute Gasteiger partial charge is 0.380 e. The average Bonchev–Trinajstić information content (AvgIpc) is 3.16. The zero-order valence-electron chi connectivity index (χ0n) is 21.4. The molecule has 1 saturated carbocycles. The molecule has 202 valence electrons. The number of nitrogens with zero attached hydrogens (tertiary/aromatic N) is 2. The molecule has 1 aliphatic carbocycles. The number of carbonyl (C=O) groups is 1. The predicted octanol–water partition coefficient (Wildman–Crippen LogP) is 5.79. The topological polar surface area (TPSA) is 88.6 Å². The third kappa shape index (κ3) is 5.58. The van der Waals surface area contributed by atoms with Gasteiger partial charge < -0.3 is 9.64 Å². The first kappa shape index (κ1) is 27.3. The fraction of sp³-hybridized carbons (Fsp3) is 0.615. The SMILES string of the molecule is CC(C)(C)NS(=O)(=O)c1ccc(-c2sc(C(=O)N3CC4(COC4)C3)nc2CC2CCCCC2)c(Cl)c1Cl. The summed E-state index contributed by atoms with van der Waals surface area (Å²) in [5.41, 5.74) is 0.897. The van der Waals surface area contributed by atoms with E-state index in [1.807, 2.05) is 4.90 Å². The lowest BCUT2D eigenvalue weighted by atomic mass is 9.78. The van der Waals surface area contributed by atoms with Crippen molar-refractivity contribution in [3.63, 3.8) is 0 Å². The van der Waals surface area contributed by atoms with E-state index in [1.165, 1.54) is 36.7 Å². The lowest BCUT2D eigenvalue weighted by molar-refractivity contribution is -0.176. The maximum absolute atomic E-state index is 13.3. The van der Waals surface area contributed by atoms with Gasteiger partial charge in [0.25, 0.3) is 5.91 Å². The van der Waals surface area contributed by atoms with Crippen molar-refractivity contribution >= 4 is 50.5 Å². The van der Waals surface area contributed by atoms with Gasteiger partial charge in [-0.05, 0) is 39.2 Å². The number of aromatic nitrogens is 1. The van der Waals surface area contributed by atoms with Crippen LogP contribution in [0.2, 0.25) is 10.0 Å². The third-order valence-corrected chi connectivity index (χ3v) is 11.2. The van der Waals surface area contributed by atoms with Crippen LogP contribution in [0.25, 0.3) is 10.4 Å². The molecule has 2 saturated heterocycles. The number of hydrogen-bond donors (Lipinski definition) is 1. The maximum Gasteiger partial charge on any atom is 0.282 e. The summed E-state index contributed by atoms with van der Waals surface area (Å²) in [6.45, 7) is 8.09. The van der Waals surface area contributed by atoms with E-state index in [1.54, 1.807) is 26.8 Å². The van der Waals surface area contributed by atoms with Crippen molar-refractivity contribution < 1.29 is 17.9 Å². The molecule has 11 heteroatoms. The number of sulfonamides is 1. The second-order valence-electron chi connectivity index (χ2n) is 11.8. The van der Waals surface area contributed by atoms with Gasteiger partial charge in [0.1, 0.15) is 4.90 Å². The molecule has 0 atom stereocenters. The van der Waals surface area contributed by atoms with Crippen molar-refractivity contribution in [1.29, 1.82) is 0 Å². The molecule has 1 amide bonds. The van der Waals surface area contributed by atoms with E-state index in [0.717, 1.165) is 29.8 Å². The minimum Gasteiger partial charge on any atom is -0.380 e. The zero-order chi connectivity index (χ0) is 26.6. The number of benzene rings is 1. The summed E-state index contributed by atoms with van der Waals surface area (Å²) < 4.78 is 33.9. The molecule has 1 aromatic carbocycles. The van der Waals surface area contributed by atoms with E-state index >= 15 is 0 Å². The standard InChI is InChI=1S/C26H33Cl2N3O4S2/c1-25(2,3)30-37(33,34)19-10-9-17(20(27)21(19)28)22-18(11-16-7-5-4-6-8-16)29-23(36-22)24(32)31-12-26(13-31)14-35-15-26/h9-10,16,30H,4-8,11-15H2,1-3H3. The molecule has 37 heavy (non-hydrogen) atoms. The summed E-state index contributed by atoms with van der Waals surface area (Å²) >= 11 is 14.6. The van der Waals surface area contributed by atoms with E-state index in [2.05, 4.69) is 4.72 Å². The van der Waals surface area contributed by atoms with Gasteiger partial charge in [-0.3, -0.25) is 4.79 Å². The van der Waals surface area contributed by atoms with Gasteiger partial charge in [0.05, 0.1) is 39.2 Å². The molecule has 7 nitrogen and oxygen atoms in total. The maximum atomic E-state index is 13.3. The van der Waals surface area contributed by atoms with Gasteiger partial charge in [-0.25, -0.2) is 18.1 Å². The van der Waals surface area contributed by atoms with Crippen LogP contribution in [-0.2, 0) is 21.2 Å². The van der Waals surface area contributed by atoms with E-state index in [0.29, 0.717) is 42.8 Å². The molecule has 3 heterocycles. The fourth-order valence-electron chi connectivity index (χ4n) is 5.45. The van der Waals surface area contributed by atoms with Crippen LogP contribution in [0.5, 0.6) is 0 Å². The van der Waals surface area contributed by atoms with Gasteiger partial charge in [-0.1, -0.05) is 61.4 Å². The highest BCUT2D eigenvalue weighted by molar-refractivity contribution is 7.89. The molecule has 0 unspecified atom stereocenters. The number of nitrogens with one attached hydrogen (secondary N) is 1. The molecule has 5 rings (SSSR count). The first-order chi connectivity index (χ1) is 17.4. The number of ether oxygens (including phenoxy) is 1. The zero-order valence-corrected chi connectivity index (χ0v) is 24.5. The van der Waals surface area contributed by atoms with Crippen molar-refractivity contribution in [2.75, 3.05) is 26.3 Å². The highest BCUT2D eigenvalue weighted by Gasteiger charge is 2.51. The van der Waals surface area contributed by atoms with Gasteiger partial charge in [-0.2, -0.15) is 0 Å². The van der Waals surface area contributed by atoms with Crippen LogP contribution in [0.3, 0.4) is 0 Å². The first-order valence-corrected chi connectivity index (χ1v) is 15.8. The van der Waals surface area contributed by atoms with Crippen LogP contribution in [-0.4, -0.2) is 56.1 Å². The smallest absolute Gasteiger partial charge is 0.282 e. The molecule has 3 aliphatic rings. The molecular formula is C26H33Cl2N3O4S2. The highest BCUT2D eigenvalue weighted by atomic mass is 35.5. The van der Waals surface area contributed by atoms with Gasteiger partial charge in [-0.15, -0.1) is 11.3 Å². The van der Waals surface area contributed by atoms with Crippen LogP contribution in [0.15, 0.2) is 17.0 Å². The Labute approximate surface area is 232 Å². The summed E-state index contributed by atoms with van der Waals surface area (Å²) in [5, 5.41) is 0.560. The summed E-state index contributed by atoms with van der Waals surface area (Å²) in [4.78, 5) is 20.7. The molecule has 1 aromatic heterocycles. The van der Waals surface area contributed by atoms with Crippen molar-refractivity contribution in [3.05, 3.63) is 32.9 Å². The van der Waals surface area contributed by atoms with Crippen LogP contribution in [0.1, 0.15) is 68.4 Å². The lowest BCUT2D eigenvalue weighted by Gasteiger charge is -2.54. The Morgan fingerprint density at radius 2 is 1.84 bits per heavy atom. The normalized spacial score (nSPS) is 20.1. The van der Waals surface area contributed by atoms with Crippen molar-refractivity contribution in [3.8, 4) is 10.4 Å². The Morgan fingerprint density at radius 1 is 1.16 bits per heavy atom. The monoisotopic (exact) mass is 585 g/mol. The Kier molecular flexibility index (Phi) is 7.44. The first-order valence-electron chi connectivity index (χ1n) is 12.8. The minimum atomic E-state index is -3.88. The summed E-state index contributed by atoms with van der Waals surface area (Å²) in [6.07, 6.45) is 6.70. The van der Waals surface area contributed by atoms with E-state index < -0.39 is 15.6 Å². The quantitative estimate of drug-likeness (QED) is 0.463. The summed E-state index contributed by atoms with van der Waals surface area (Å²) in [6, 6.07) is 3.17. The molecular weight excluding hydrogens is 553 g/mol. The molecule has 3 fully saturated rings. The molecule has 2 aliphatic heterocycles. The average molecular weight is 587 g/mol. The predicted molar refractivity (Wildman–Crippen MR) is 147 cm³/mol. The third-order valence-electron chi connectivity index (χ3n) is 7.26. The minimum absolute atomic E-state index is 0.0320. The fourth-order valence-corrected chi connectivity index (χ4v) is 8.88. The van der Waals surface area contributed by atoms with Crippen LogP contribution >= 0.6 is 34.5 Å².